The highest BCUT2D eigenvalue weighted by atomic mass is 15.1. The normalized spacial score (nSPS) is 22.5. The lowest BCUT2D eigenvalue weighted by Gasteiger charge is -2.21. The summed E-state index contributed by atoms with van der Waals surface area (Å²) >= 11 is 0. The van der Waals surface area contributed by atoms with Gasteiger partial charge in [0.05, 0.1) is 0 Å². The Hall–Kier alpha value is -1.32. The highest BCUT2D eigenvalue weighted by Crippen LogP contribution is 2.29. The van der Waals surface area contributed by atoms with Gasteiger partial charge in [-0.05, 0) is 31.6 Å². The van der Waals surface area contributed by atoms with Gasteiger partial charge in [-0.1, -0.05) is 27.2 Å². The molecule has 4 heteroatoms. The number of rotatable bonds is 6. The van der Waals surface area contributed by atoms with Gasteiger partial charge in [-0.25, -0.2) is 9.97 Å². The van der Waals surface area contributed by atoms with Gasteiger partial charge in [0.1, 0.15) is 18.0 Å². The Balaban J connectivity index is 2.14. The molecule has 2 unspecified atom stereocenters. The molecular formula is C15H26N4. The molecule has 2 atom stereocenters. The molecule has 0 bridgehead atoms. The summed E-state index contributed by atoms with van der Waals surface area (Å²) < 4.78 is 0. The van der Waals surface area contributed by atoms with Crippen molar-refractivity contribution in [2.45, 2.75) is 58.9 Å². The summed E-state index contributed by atoms with van der Waals surface area (Å²) in [6.45, 7) is 7.62. The van der Waals surface area contributed by atoms with Crippen LogP contribution in [0.4, 0.5) is 11.6 Å². The number of aromatic nitrogens is 2. The number of hydrogen-bond acceptors (Lipinski definition) is 4. The van der Waals surface area contributed by atoms with Crippen LogP contribution >= 0.6 is 0 Å². The van der Waals surface area contributed by atoms with E-state index < -0.39 is 0 Å². The average Bonchev–Trinajstić information content (AvgIpc) is 2.82. The molecule has 1 saturated carbocycles. The maximum atomic E-state index is 4.45. The Morgan fingerprint density at radius 3 is 2.63 bits per heavy atom. The van der Waals surface area contributed by atoms with Crippen LogP contribution in [0, 0.1) is 5.92 Å². The van der Waals surface area contributed by atoms with E-state index in [1.165, 1.54) is 24.8 Å². The minimum Gasteiger partial charge on any atom is -0.370 e. The van der Waals surface area contributed by atoms with E-state index in [0.717, 1.165) is 36.9 Å². The largest absolute Gasteiger partial charge is 0.370 e. The zero-order chi connectivity index (χ0) is 13.7. The van der Waals surface area contributed by atoms with E-state index in [0.29, 0.717) is 6.04 Å². The van der Waals surface area contributed by atoms with E-state index in [9.17, 15) is 0 Å². The molecule has 2 rings (SSSR count). The smallest absolute Gasteiger partial charge is 0.134 e. The molecule has 0 amide bonds. The first-order valence-corrected chi connectivity index (χ1v) is 7.60. The molecular weight excluding hydrogens is 236 g/mol. The quantitative estimate of drug-likeness (QED) is 0.824. The van der Waals surface area contributed by atoms with Crippen LogP contribution in [0.1, 0.15) is 52.0 Å². The van der Waals surface area contributed by atoms with Crippen molar-refractivity contribution in [2.24, 2.45) is 5.92 Å². The molecule has 1 aromatic rings. The standard InChI is InChI=1S/C15H26N4/c1-4-9-16-14-12(5-2)15(18-10-17-14)19-13-8-6-7-11(13)3/h10-11,13H,4-9H2,1-3H3,(H2,16,17,18,19). The highest BCUT2D eigenvalue weighted by Gasteiger charge is 2.24. The molecule has 1 aliphatic rings. The van der Waals surface area contributed by atoms with Crippen LogP contribution in [0.5, 0.6) is 0 Å². The Morgan fingerprint density at radius 1 is 1.21 bits per heavy atom. The molecule has 1 heterocycles. The molecule has 0 saturated heterocycles. The summed E-state index contributed by atoms with van der Waals surface area (Å²) in [5.74, 6) is 2.76. The van der Waals surface area contributed by atoms with Crippen LogP contribution in [0.25, 0.3) is 0 Å². The van der Waals surface area contributed by atoms with Gasteiger partial charge >= 0.3 is 0 Å². The van der Waals surface area contributed by atoms with E-state index in [4.69, 9.17) is 0 Å². The second-order valence-electron chi connectivity index (χ2n) is 5.49. The summed E-state index contributed by atoms with van der Waals surface area (Å²) in [4.78, 5) is 8.83. The van der Waals surface area contributed by atoms with E-state index in [1.807, 2.05) is 0 Å². The van der Waals surface area contributed by atoms with E-state index in [-0.39, 0.29) is 0 Å². The predicted molar refractivity (Wildman–Crippen MR) is 80.6 cm³/mol. The lowest BCUT2D eigenvalue weighted by Crippen LogP contribution is -2.23. The summed E-state index contributed by atoms with van der Waals surface area (Å²) in [5.41, 5.74) is 1.22. The third-order valence-corrected chi connectivity index (χ3v) is 4.02. The van der Waals surface area contributed by atoms with Crippen LogP contribution in [-0.4, -0.2) is 22.6 Å². The number of anilines is 2. The summed E-state index contributed by atoms with van der Waals surface area (Å²) in [6.07, 6.45) is 7.63. The molecule has 0 aliphatic heterocycles. The van der Waals surface area contributed by atoms with Crippen LogP contribution in [-0.2, 0) is 6.42 Å². The van der Waals surface area contributed by atoms with Gasteiger partial charge in [-0.2, -0.15) is 0 Å². The van der Waals surface area contributed by atoms with Crippen LogP contribution < -0.4 is 10.6 Å². The van der Waals surface area contributed by atoms with Gasteiger partial charge in [0, 0.05) is 18.2 Å². The van der Waals surface area contributed by atoms with Crippen molar-refractivity contribution in [3.8, 4) is 0 Å². The first-order valence-electron chi connectivity index (χ1n) is 7.60. The molecule has 0 radical (unpaired) electrons. The fraction of sp³-hybridized carbons (Fsp3) is 0.733. The zero-order valence-electron chi connectivity index (χ0n) is 12.4. The molecule has 1 fully saturated rings. The first kappa shape index (κ1) is 14.1. The van der Waals surface area contributed by atoms with Gasteiger partial charge < -0.3 is 10.6 Å². The molecule has 0 aromatic carbocycles. The first-order chi connectivity index (χ1) is 9.26. The van der Waals surface area contributed by atoms with Crippen molar-refractivity contribution in [3.63, 3.8) is 0 Å². The molecule has 1 aliphatic carbocycles. The second kappa shape index (κ2) is 6.73. The van der Waals surface area contributed by atoms with Crippen molar-refractivity contribution in [3.05, 3.63) is 11.9 Å². The number of nitrogens with one attached hydrogen (secondary N) is 2. The number of hydrogen-bond donors (Lipinski definition) is 2. The molecule has 106 valence electrons. The van der Waals surface area contributed by atoms with Crippen molar-refractivity contribution < 1.29 is 0 Å². The van der Waals surface area contributed by atoms with E-state index in [1.54, 1.807) is 6.33 Å². The Kier molecular flexibility index (Phi) is 5.00. The van der Waals surface area contributed by atoms with Crippen molar-refractivity contribution in [2.75, 3.05) is 17.2 Å². The third kappa shape index (κ3) is 3.37. The van der Waals surface area contributed by atoms with Gasteiger partial charge in [0.2, 0.25) is 0 Å². The fourth-order valence-corrected chi connectivity index (χ4v) is 2.80. The zero-order valence-corrected chi connectivity index (χ0v) is 12.4. The van der Waals surface area contributed by atoms with E-state index >= 15 is 0 Å². The molecule has 2 N–H and O–H groups in total. The van der Waals surface area contributed by atoms with Crippen LogP contribution in [0.2, 0.25) is 0 Å². The lowest BCUT2D eigenvalue weighted by atomic mass is 10.1. The van der Waals surface area contributed by atoms with Crippen molar-refractivity contribution in [1.29, 1.82) is 0 Å². The topological polar surface area (TPSA) is 49.8 Å². The maximum Gasteiger partial charge on any atom is 0.134 e. The van der Waals surface area contributed by atoms with Gasteiger partial charge in [-0.15, -0.1) is 0 Å². The fourth-order valence-electron chi connectivity index (χ4n) is 2.80. The van der Waals surface area contributed by atoms with Crippen LogP contribution in [0.3, 0.4) is 0 Å². The maximum absolute atomic E-state index is 4.45. The molecule has 0 spiro atoms. The summed E-state index contributed by atoms with van der Waals surface area (Å²) in [7, 11) is 0. The van der Waals surface area contributed by atoms with E-state index in [2.05, 4.69) is 41.4 Å². The Morgan fingerprint density at radius 2 is 2.00 bits per heavy atom. The Bertz CT molecular complexity index is 405. The lowest BCUT2D eigenvalue weighted by molar-refractivity contribution is 0.554. The van der Waals surface area contributed by atoms with Crippen molar-refractivity contribution >= 4 is 11.6 Å². The average molecular weight is 262 g/mol. The summed E-state index contributed by atoms with van der Waals surface area (Å²) in [5, 5.41) is 7.04. The Labute approximate surface area is 116 Å². The SMILES string of the molecule is CCCNc1ncnc(NC2CCCC2C)c1CC. The second-order valence-corrected chi connectivity index (χ2v) is 5.49. The van der Waals surface area contributed by atoms with Gasteiger partial charge in [0.15, 0.2) is 0 Å². The minimum atomic E-state index is 0.569. The molecule has 1 aromatic heterocycles. The molecule has 4 nitrogen and oxygen atoms in total. The van der Waals surface area contributed by atoms with Crippen molar-refractivity contribution in [1.82, 2.24) is 9.97 Å². The highest BCUT2D eigenvalue weighted by molar-refractivity contribution is 5.57. The predicted octanol–water partition coefficient (Wildman–Crippen LogP) is 3.46. The monoisotopic (exact) mass is 262 g/mol. The van der Waals surface area contributed by atoms with Gasteiger partial charge in [0.25, 0.3) is 0 Å². The molecule has 19 heavy (non-hydrogen) atoms. The third-order valence-electron chi connectivity index (χ3n) is 4.02. The van der Waals surface area contributed by atoms with Gasteiger partial charge in [-0.3, -0.25) is 0 Å². The minimum absolute atomic E-state index is 0.569. The summed E-state index contributed by atoms with van der Waals surface area (Å²) in [6, 6.07) is 0.569. The van der Waals surface area contributed by atoms with Crippen LogP contribution in [0.15, 0.2) is 6.33 Å². The number of nitrogens with zero attached hydrogens (tertiary/aromatic N) is 2.